The molecule has 3 N–H and O–H groups in total. The maximum atomic E-state index is 13.7. The average molecular weight is 302 g/mol. The predicted molar refractivity (Wildman–Crippen MR) is 74.0 cm³/mol. The van der Waals surface area contributed by atoms with Gasteiger partial charge in [-0.2, -0.15) is 4.31 Å². The van der Waals surface area contributed by atoms with E-state index in [-0.39, 0.29) is 29.6 Å². The standard InChI is InChI=1S/C13H19FN2O3S/c1-9(17)10-4-6-16(7-5-10)20(18,19)13-8-11(15)2-3-12(13)14/h2-3,8-10,17H,4-7,15H2,1H3. The summed E-state index contributed by atoms with van der Waals surface area (Å²) in [5, 5.41) is 9.52. The van der Waals surface area contributed by atoms with Gasteiger partial charge in [-0.25, -0.2) is 12.8 Å². The van der Waals surface area contributed by atoms with Gasteiger partial charge in [0, 0.05) is 18.8 Å². The van der Waals surface area contributed by atoms with Crippen LogP contribution < -0.4 is 5.73 Å². The highest BCUT2D eigenvalue weighted by atomic mass is 32.2. The summed E-state index contributed by atoms with van der Waals surface area (Å²) in [6.07, 6.45) is 0.686. The van der Waals surface area contributed by atoms with Gasteiger partial charge in [0.1, 0.15) is 10.7 Å². The summed E-state index contributed by atoms with van der Waals surface area (Å²) >= 11 is 0. The number of hydrogen-bond acceptors (Lipinski definition) is 4. The van der Waals surface area contributed by atoms with Gasteiger partial charge in [0.25, 0.3) is 0 Å². The molecule has 7 heteroatoms. The van der Waals surface area contributed by atoms with Crippen LogP contribution >= 0.6 is 0 Å². The Morgan fingerprint density at radius 3 is 2.55 bits per heavy atom. The lowest BCUT2D eigenvalue weighted by Crippen LogP contribution is -2.40. The van der Waals surface area contributed by atoms with Crippen LogP contribution in [-0.4, -0.2) is 37.0 Å². The maximum absolute atomic E-state index is 13.7. The van der Waals surface area contributed by atoms with Crippen molar-refractivity contribution >= 4 is 15.7 Å². The second-order valence-corrected chi connectivity index (χ2v) is 7.08. The largest absolute Gasteiger partial charge is 0.399 e. The number of rotatable bonds is 3. The van der Waals surface area contributed by atoms with Gasteiger partial charge < -0.3 is 10.8 Å². The third-order valence-corrected chi connectivity index (χ3v) is 5.67. The molecule has 2 rings (SSSR count). The van der Waals surface area contributed by atoms with Crippen molar-refractivity contribution in [2.75, 3.05) is 18.8 Å². The highest BCUT2D eigenvalue weighted by molar-refractivity contribution is 7.89. The van der Waals surface area contributed by atoms with E-state index in [1.807, 2.05) is 0 Å². The summed E-state index contributed by atoms with van der Waals surface area (Å²) in [7, 11) is -3.87. The fourth-order valence-electron chi connectivity index (χ4n) is 2.46. The summed E-state index contributed by atoms with van der Waals surface area (Å²) in [5.41, 5.74) is 5.74. The van der Waals surface area contributed by atoms with Crippen LogP contribution in [0.25, 0.3) is 0 Å². The second kappa shape index (κ2) is 5.67. The molecule has 1 aliphatic heterocycles. The molecule has 1 saturated heterocycles. The quantitative estimate of drug-likeness (QED) is 0.822. The molecule has 0 aliphatic carbocycles. The van der Waals surface area contributed by atoms with E-state index < -0.39 is 21.9 Å². The Morgan fingerprint density at radius 2 is 2.00 bits per heavy atom. The molecule has 1 aliphatic rings. The minimum absolute atomic E-state index is 0.0899. The molecule has 0 saturated carbocycles. The lowest BCUT2D eigenvalue weighted by molar-refractivity contribution is 0.0911. The Bertz CT molecular complexity index is 581. The van der Waals surface area contributed by atoms with Crippen molar-refractivity contribution in [3.63, 3.8) is 0 Å². The minimum atomic E-state index is -3.87. The van der Waals surface area contributed by atoms with E-state index in [1.54, 1.807) is 6.92 Å². The van der Waals surface area contributed by atoms with E-state index in [0.29, 0.717) is 12.8 Å². The second-order valence-electron chi connectivity index (χ2n) is 5.17. The molecule has 112 valence electrons. The number of anilines is 1. The molecule has 20 heavy (non-hydrogen) atoms. The molecule has 1 fully saturated rings. The number of hydrogen-bond donors (Lipinski definition) is 2. The molecular weight excluding hydrogens is 283 g/mol. The van der Waals surface area contributed by atoms with Gasteiger partial charge >= 0.3 is 0 Å². The molecule has 1 aromatic rings. The Labute approximate surface area is 118 Å². The fraction of sp³-hybridized carbons (Fsp3) is 0.538. The first kappa shape index (κ1) is 15.2. The van der Waals surface area contributed by atoms with E-state index in [2.05, 4.69) is 0 Å². The first-order chi connectivity index (χ1) is 9.32. The minimum Gasteiger partial charge on any atom is -0.399 e. The number of piperidine rings is 1. The normalized spacial score (nSPS) is 19.9. The predicted octanol–water partition coefficient (Wildman–Crippen LogP) is 1.19. The number of benzene rings is 1. The Kier molecular flexibility index (Phi) is 4.31. The van der Waals surface area contributed by atoms with Crippen molar-refractivity contribution in [3.05, 3.63) is 24.0 Å². The molecule has 0 bridgehead atoms. The fourth-order valence-corrected chi connectivity index (χ4v) is 4.02. The molecule has 0 spiro atoms. The number of nitrogens with two attached hydrogens (primary N) is 1. The van der Waals surface area contributed by atoms with Crippen LogP contribution in [0, 0.1) is 11.7 Å². The van der Waals surface area contributed by atoms with Gasteiger partial charge in [-0.15, -0.1) is 0 Å². The average Bonchev–Trinajstić information content (AvgIpc) is 2.41. The van der Waals surface area contributed by atoms with Gasteiger partial charge in [0.2, 0.25) is 10.0 Å². The van der Waals surface area contributed by atoms with Crippen LogP contribution in [0.4, 0.5) is 10.1 Å². The number of nitrogens with zero attached hydrogens (tertiary/aromatic N) is 1. The first-order valence-electron chi connectivity index (χ1n) is 6.55. The Morgan fingerprint density at radius 1 is 1.40 bits per heavy atom. The van der Waals surface area contributed by atoms with Crippen LogP contribution in [0.15, 0.2) is 23.1 Å². The first-order valence-corrected chi connectivity index (χ1v) is 7.99. The highest BCUT2D eigenvalue weighted by Gasteiger charge is 2.32. The van der Waals surface area contributed by atoms with Gasteiger partial charge in [-0.05, 0) is 43.9 Å². The third kappa shape index (κ3) is 2.94. The zero-order valence-corrected chi connectivity index (χ0v) is 12.1. The highest BCUT2D eigenvalue weighted by Crippen LogP contribution is 2.27. The zero-order chi connectivity index (χ0) is 14.9. The SMILES string of the molecule is CC(O)C1CCN(S(=O)(=O)c2cc(N)ccc2F)CC1. The van der Waals surface area contributed by atoms with Crippen LogP contribution in [0.1, 0.15) is 19.8 Å². The molecule has 5 nitrogen and oxygen atoms in total. The zero-order valence-electron chi connectivity index (χ0n) is 11.3. The number of aliphatic hydroxyl groups excluding tert-OH is 1. The van der Waals surface area contributed by atoms with Gasteiger partial charge in [0.15, 0.2) is 0 Å². The molecule has 0 amide bonds. The lowest BCUT2D eigenvalue weighted by Gasteiger charge is -2.32. The summed E-state index contributed by atoms with van der Waals surface area (Å²) in [5.74, 6) is -0.705. The Balaban J connectivity index is 2.22. The molecule has 1 atom stereocenters. The van der Waals surface area contributed by atoms with Crippen molar-refractivity contribution in [1.82, 2.24) is 4.31 Å². The molecule has 0 aromatic heterocycles. The van der Waals surface area contributed by atoms with Crippen LogP contribution in [0.5, 0.6) is 0 Å². The summed E-state index contributed by atoms with van der Waals surface area (Å²) < 4.78 is 39.8. The number of halogens is 1. The van der Waals surface area contributed by atoms with E-state index in [0.717, 1.165) is 12.1 Å². The van der Waals surface area contributed by atoms with Gasteiger partial charge in [-0.3, -0.25) is 0 Å². The van der Waals surface area contributed by atoms with Gasteiger partial charge in [0.05, 0.1) is 6.10 Å². The van der Waals surface area contributed by atoms with E-state index in [4.69, 9.17) is 5.73 Å². The van der Waals surface area contributed by atoms with Crippen molar-refractivity contribution < 1.29 is 17.9 Å². The van der Waals surface area contributed by atoms with E-state index in [9.17, 15) is 17.9 Å². The smallest absolute Gasteiger partial charge is 0.246 e. The molecule has 0 radical (unpaired) electrons. The van der Waals surface area contributed by atoms with Crippen molar-refractivity contribution in [2.24, 2.45) is 5.92 Å². The van der Waals surface area contributed by atoms with Crippen LogP contribution in [0.3, 0.4) is 0 Å². The molecule has 1 unspecified atom stereocenters. The van der Waals surface area contributed by atoms with Crippen LogP contribution in [0.2, 0.25) is 0 Å². The van der Waals surface area contributed by atoms with E-state index >= 15 is 0 Å². The number of nitrogen functional groups attached to an aromatic ring is 1. The molecular formula is C13H19FN2O3S. The molecule has 1 aromatic carbocycles. The number of sulfonamides is 1. The topological polar surface area (TPSA) is 83.6 Å². The van der Waals surface area contributed by atoms with Crippen molar-refractivity contribution in [2.45, 2.75) is 30.8 Å². The van der Waals surface area contributed by atoms with Crippen molar-refractivity contribution in [1.29, 1.82) is 0 Å². The summed E-state index contributed by atoms with van der Waals surface area (Å²) in [6, 6.07) is 3.53. The Hall–Kier alpha value is -1.18. The number of aliphatic hydroxyl groups is 1. The monoisotopic (exact) mass is 302 g/mol. The molecule has 1 heterocycles. The van der Waals surface area contributed by atoms with Crippen molar-refractivity contribution in [3.8, 4) is 0 Å². The van der Waals surface area contributed by atoms with Gasteiger partial charge in [-0.1, -0.05) is 0 Å². The maximum Gasteiger partial charge on any atom is 0.246 e. The lowest BCUT2D eigenvalue weighted by atomic mass is 9.93. The third-order valence-electron chi connectivity index (χ3n) is 3.75. The summed E-state index contributed by atoms with van der Waals surface area (Å²) in [4.78, 5) is -0.381. The van der Waals surface area contributed by atoms with E-state index in [1.165, 1.54) is 10.4 Å². The van der Waals surface area contributed by atoms with Crippen LogP contribution in [-0.2, 0) is 10.0 Å². The summed E-state index contributed by atoms with van der Waals surface area (Å²) in [6.45, 7) is 2.27.